The van der Waals surface area contributed by atoms with Crippen LogP contribution in [0.5, 0.6) is 0 Å². The molecule has 6 rings (SSSR count). The molecule has 0 unspecified atom stereocenters. The van der Waals surface area contributed by atoms with E-state index in [1.165, 1.54) is 0 Å². The number of ketones is 2. The summed E-state index contributed by atoms with van der Waals surface area (Å²) in [5, 5.41) is 0.410. The zero-order valence-corrected chi connectivity index (χ0v) is 19.7. The lowest BCUT2D eigenvalue weighted by molar-refractivity contribution is -0.127. The summed E-state index contributed by atoms with van der Waals surface area (Å²) < 4.78 is 7.02. The molecule has 168 valence electrons. The fourth-order valence-corrected chi connectivity index (χ4v) is 5.81. The Kier molecular flexibility index (Phi) is 4.68. The van der Waals surface area contributed by atoms with Crippen LogP contribution in [0.25, 0.3) is 0 Å². The van der Waals surface area contributed by atoms with E-state index in [2.05, 4.69) is 15.9 Å². The average molecular weight is 537 g/mol. The average Bonchev–Trinajstić information content (AvgIpc) is 3.40. The molecular formula is C26H15BrClNO5. The quantitative estimate of drug-likeness (QED) is 0.347. The van der Waals surface area contributed by atoms with Crippen LogP contribution in [-0.4, -0.2) is 29.0 Å². The van der Waals surface area contributed by atoms with Gasteiger partial charge in [-0.05, 0) is 42.0 Å². The van der Waals surface area contributed by atoms with Gasteiger partial charge in [0.05, 0.1) is 23.6 Å². The predicted molar refractivity (Wildman–Crippen MR) is 127 cm³/mol. The fourth-order valence-electron chi connectivity index (χ4n) is 5.35. The molecule has 3 aromatic rings. The highest BCUT2D eigenvalue weighted by atomic mass is 79.9. The molecule has 0 saturated carbocycles. The maximum Gasteiger partial charge on any atom is 0.241 e. The van der Waals surface area contributed by atoms with Gasteiger partial charge in [-0.2, -0.15) is 0 Å². The Labute approximate surface area is 207 Å². The van der Waals surface area contributed by atoms with Crippen LogP contribution in [0.15, 0.2) is 77.3 Å². The molecule has 2 amide bonds. The number of anilines is 1. The fraction of sp³-hybridized carbons (Fsp3) is 0.154. The number of nitrogens with zero attached hydrogens (tertiary/aromatic N) is 1. The van der Waals surface area contributed by atoms with Crippen LogP contribution in [0.4, 0.5) is 5.69 Å². The minimum Gasteiger partial charge on any atom is -0.349 e. The summed E-state index contributed by atoms with van der Waals surface area (Å²) in [6, 6.07) is 19.8. The molecule has 2 aliphatic heterocycles. The van der Waals surface area contributed by atoms with Crippen LogP contribution in [0, 0.1) is 11.8 Å². The number of hydrogen-bond donors (Lipinski definition) is 0. The molecule has 34 heavy (non-hydrogen) atoms. The highest BCUT2D eigenvalue weighted by Crippen LogP contribution is 2.57. The van der Waals surface area contributed by atoms with Crippen LogP contribution >= 0.6 is 27.5 Å². The highest BCUT2D eigenvalue weighted by Gasteiger charge is 2.74. The molecular weight excluding hydrogens is 522 g/mol. The first-order valence-corrected chi connectivity index (χ1v) is 11.8. The van der Waals surface area contributed by atoms with E-state index >= 15 is 0 Å². The zero-order valence-electron chi connectivity index (χ0n) is 17.4. The van der Waals surface area contributed by atoms with Gasteiger partial charge in [0.2, 0.25) is 29.0 Å². The number of hydrogen-bond acceptors (Lipinski definition) is 5. The third-order valence-electron chi connectivity index (χ3n) is 6.78. The SMILES string of the molecule is O=C1[C@@H]2[C@@H](C(=O)N1c1ccc(Br)cc1)C1(O[C@H]2c2cccc(Cl)c2)C(=O)c2ccccc2C1=O. The number of imide groups is 1. The van der Waals surface area contributed by atoms with E-state index in [4.69, 9.17) is 16.3 Å². The van der Waals surface area contributed by atoms with Crippen molar-refractivity contribution in [2.24, 2.45) is 11.8 Å². The molecule has 3 aromatic carbocycles. The largest absolute Gasteiger partial charge is 0.349 e. The molecule has 8 heteroatoms. The van der Waals surface area contributed by atoms with Gasteiger partial charge in [0.15, 0.2) is 0 Å². The maximum absolute atomic E-state index is 13.8. The van der Waals surface area contributed by atoms with E-state index in [-0.39, 0.29) is 11.1 Å². The number of fused-ring (bicyclic) bond motifs is 3. The lowest BCUT2D eigenvalue weighted by Gasteiger charge is -2.27. The molecule has 3 aliphatic rings. The molecule has 6 nitrogen and oxygen atoms in total. The maximum atomic E-state index is 13.8. The second kappa shape index (κ2) is 7.43. The Hall–Kier alpha value is -3.13. The number of halogens is 2. The van der Waals surface area contributed by atoms with Crippen molar-refractivity contribution < 1.29 is 23.9 Å². The normalized spacial score (nSPS) is 24.8. The number of benzene rings is 3. The zero-order chi connectivity index (χ0) is 23.8. The third kappa shape index (κ3) is 2.72. The smallest absolute Gasteiger partial charge is 0.241 e. The first-order chi connectivity index (χ1) is 16.3. The minimum absolute atomic E-state index is 0.195. The standard InChI is InChI=1S/C26H15BrClNO5/c27-14-8-10-16(11-9-14)29-24(32)19-20(25(29)33)26(34-21(19)13-4-3-5-15(28)12-13)22(30)17-6-1-2-7-18(17)23(26)31/h1-12,19-21H/t19-,20+,21+/m1/s1. The van der Waals surface area contributed by atoms with Crippen molar-refractivity contribution in [3.05, 3.63) is 99.0 Å². The van der Waals surface area contributed by atoms with E-state index in [0.717, 1.165) is 9.37 Å². The van der Waals surface area contributed by atoms with Crippen molar-refractivity contribution in [1.82, 2.24) is 0 Å². The summed E-state index contributed by atoms with van der Waals surface area (Å²) in [6.07, 6.45) is -0.997. The second-order valence-electron chi connectivity index (χ2n) is 8.52. The van der Waals surface area contributed by atoms with Crippen LogP contribution in [-0.2, 0) is 14.3 Å². The van der Waals surface area contributed by atoms with Crippen molar-refractivity contribution in [3.63, 3.8) is 0 Å². The topological polar surface area (TPSA) is 80.8 Å². The van der Waals surface area contributed by atoms with Crippen molar-refractivity contribution >= 4 is 56.6 Å². The van der Waals surface area contributed by atoms with Gasteiger partial charge in [0.1, 0.15) is 0 Å². The number of ether oxygens (including phenoxy) is 1. The van der Waals surface area contributed by atoms with Crippen molar-refractivity contribution in [3.8, 4) is 0 Å². The van der Waals surface area contributed by atoms with Gasteiger partial charge in [0, 0.05) is 20.6 Å². The molecule has 1 spiro atoms. The molecule has 0 radical (unpaired) electrons. The summed E-state index contributed by atoms with van der Waals surface area (Å²) >= 11 is 9.55. The Morgan fingerprint density at radius 3 is 2.09 bits per heavy atom. The monoisotopic (exact) mass is 535 g/mol. The highest BCUT2D eigenvalue weighted by molar-refractivity contribution is 9.10. The first-order valence-electron chi connectivity index (χ1n) is 10.6. The molecule has 2 fully saturated rings. The van der Waals surface area contributed by atoms with Crippen LogP contribution in [0.1, 0.15) is 32.4 Å². The van der Waals surface area contributed by atoms with Gasteiger partial charge < -0.3 is 4.74 Å². The summed E-state index contributed by atoms with van der Waals surface area (Å²) in [5.74, 6) is -4.68. The Morgan fingerprint density at radius 1 is 0.824 bits per heavy atom. The van der Waals surface area contributed by atoms with E-state index in [1.807, 2.05) is 0 Å². The van der Waals surface area contributed by atoms with Gasteiger partial charge in [0.25, 0.3) is 0 Å². The number of rotatable bonds is 2. The van der Waals surface area contributed by atoms with Crippen LogP contribution < -0.4 is 4.90 Å². The molecule has 1 aliphatic carbocycles. The molecule has 2 heterocycles. The summed E-state index contributed by atoms with van der Waals surface area (Å²) in [6.45, 7) is 0. The van der Waals surface area contributed by atoms with Gasteiger partial charge >= 0.3 is 0 Å². The summed E-state index contributed by atoms with van der Waals surface area (Å²) in [4.78, 5) is 56.0. The molecule has 0 aromatic heterocycles. The Bertz CT molecular complexity index is 1380. The Balaban J connectivity index is 1.55. The minimum atomic E-state index is -2.10. The van der Waals surface area contributed by atoms with Crippen molar-refractivity contribution in [2.75, 3.05) is 4.90 Å². The summed E-state index contributed by atoms with van der Waals surface area (Å²) in [5.41, 5.74) is -0.823. The lowest BCUT2D eigenvalue weighted by Crippen LogP contribution is -2.51. The van der Waals surface area contributed by atoms with Gasteiger partial charge in [-0.3, -0.25) is 19.2 Å². The number of carbonyl (C=O) groups is 4. The van der Waals surface area contributed by atoms with Crippen molar-refractivity contribution in [2.45, 2.75) is 11.7 Å². The first kappa shape index (κ1) is 21.4. The molecule has 2 saturated heterocycles. The number of amides is 2. The van der Waals surface area contributed by atoms with Crippen LogP contribution in [0.3, 0.4) is 0 Å². The van der Waals surface area contributed by atoms with Crippen molar-refractivity contribution in [1.29, 1.82) is 0 Å². The second-order valence-corrected chi connectivity index (χ2v) is 9.88. The molecule has 3 atom stereocenters. The van der Waals surface area contributed by atoms with E-state index in [9.17, 15) is 19.2 Å². The van der Waals surface area contributed by atoms with Crippen LogP contribution in [0.2, 0.25) is 5.02 Å². The van der Waals surface area contributed by atoms with Gasteiger partial charge in [-0.25, -0.2) is 4.90 Å². The van der Waals surface area contributed by atoms with Gasteiger partial charge in [-0.15, -0.1) is 0 Å². The lowest BCUT2D eigenvalue weighted by atomic mass is 9.77. The molecule has 0 bridgehead atoms. The van der Waals surface area contributed by atoms with E-state index in [0.29, 0.717) is 16.3 Å². The molecule has 0 N–H and O–H groups in total. The van der Waals surface area contributed by atoms with E-state index in [1.54, 1.807) is 72.8 Å². The number of Topliss-reactive ketones (excluding diaryl/α,β-unsaturated/α-hetero) is 2. The van der Waals surface area contributed by atoms with Gasteiger partial charge in [-0.1, -0.05) is 63.9 Å². The predicted octanol–water partition coefficient (Wildman–Crippen LogP) is 4.80. The summed E-state index contributed by atoms with van der Waals surface area (Å²) in [7, 11) is 0. The third-order valence-corrected chi connectivity index (χ3v) is 7.54. The number of carbonyl (C=O) groups excluding carboxylic acids is 4. The Morgan fingerprint density at radius 2 is 1.47 bits per heavy atom. The van der Waals surface area contributed by atoms with E-state index < -0.39 is 46.9 Å².